The van der Waals surface area contributed by atoms with Gasteiger partial charge in [-0.2, -0.15) is 0 Å². The first-order valence-corrected chi connectivity index (χ1v) is 8.88. The Morgan fingerprint density at radius 2 is 1.62 bits per heavy atom. The zero-order valence-corrected chi connectivity index (χ0v) is 15.9. The lowest BCUT2D eigenvalue weighted by Crippen LogP contribution is -2.36. The highest BCUT2D eigenvalue weighted by Crippen LogP contribution is 2.21. The van der Waals surface area contributed by atoms with Gasteiger partial charge in [-0.15, -0.1) is 0 Å². The Hall–Kier alpha value is -2.67. The van der Waals surface area contributed by atoms with E-state index in [-0.39, 0.29) is 30.7 Å². The minimum Gasteiger partial charge on any atom is -0.349 e. The standard InChI is InChI=1S/C19H20BrN3O3/c1-13(24)22-17(14-7-3-2-4-8-14)11-18(25)21-12-19(26)23-16-10-6-5-9-15(16)20/h2-10,17H,11-12H2,1H3,(H,21,25)(H,22,24)(H,23,26)/t17-/m0/s1. The molecule has 0 spiro atoms. The van der Waals surface area contributed by atoms with E-state index in [9.17, 15) is 14.4 Å². The van der Waals surface area contributed by atoms with Crippen molar-refractivity contribution in [3.8, 4) is 0 Å². The average molecular weight is 418 g/mol. The molecule has 0 aliphatic heterocycles. The molecule has 0 saturated heterocycles. The number of rotatable bonds is 7. The van der Waals surface area contributed by atoms with Crippen LogP contribution in [-0.2, 0) is 14.4 Å². The first-order chi connectivity index (χ1) is 12.5. The predicted molar refractivity (Wildman–Crippen MR) is 103 cm³/mol. The summed E-state index contributed by atoms with van der Waals surface area (Å²) in [7, 11) is 0. The van der Waals surface area contributed by atoms with Crippen LogP contribution in [0.4, 0.5) is 5.69 Å². The fourth-order valence-electron chi connectivity index (χ4n) is 2.38. The Kier molecular flexibility index (Phi) is 7.35. The maximum Gasteiger partial charge on any atom is 0.243 e. The molecule has 2 aromatic carbocycles. The third kappa shape index (κ3) is 6.33. The van der Waals surface area contributed by atoms with Crippen molar-refractivity contribution < 1.29 is 14.4 Å². The van der Waals surface area contributed by atoms with Gasteiger partial charge in [-0.05, 0) is 33.6 Å². The second-order valence-corrected chi connectivity index (χ2v) is 6.53. The van der Waals surface area contributed by atoms with E-state index in [1.807, 2.05) is 42.5 Å². The van der Waals surface area contributed by atoms with E-state index in [0.717, 1.165) is 10.0 Å². The minimum absolute atomic E-state index is 0.0475. The number of hydrogen-bond donors (Lipinski definition) is 3. The zero-order valence-electron chi connectivity index (χ0n) is 14.3. The molecule has 2 aromatic rings. The summed E-state index contributed by atoms with van der Waals surface area (Å²) in [5.41, 5.74) is 1.46. The maximum atomic E-state index is 12.2. The normalized spacial score (nSPS) is 11.3. The van der Waals surface area contributed by atoms with Crippen molar-refractivity contribution in [2.24, 2.45) is 0 Å². The molecule has 0 aliphatic carbocycles. The molecule has 0 fully saturated rings. The number of benzene rings is 2. The van der Waals surface area contributed by atoms with Crippen LogP contribution < -0.4 is 16.0 Å². The predicted octanol–water partition coefficient (Wildman–Crippen LogP) is 2.77. The lowest BCUT2D eigenvalue weighted by molar-refractivity contribution is -0.125. The lowest BCUT2D eigenvalue weighted by Gasteiger charge is -2.18. The molecule has 136 valence electrons. The Morgan fingerprint density at radius 3 is 2.27 bits per heavy atom. The third-order valence-corrected chi connectivity index (χ3v) is 4.25. The summed E-state index contributed by atoms with van der Waals surface area (Å²) in [6, 6.07) is 16.0. The van der Waals surface area contributed by atoms with E-state index in [4.69, 9.17) is 0 Å². The summed E-state index contributed by atoms with van der Waals surface area (Å²) >= 11 is 3.34. The largest absolute Gasteiger partial charge is 0.349 e. The van der Waals surface area contributed by atoms with Gasteiger partial charge in [0.25, 0.3) is 0 Å². The molecule has 3 amide bonds. The first-order valence-electron chi connectivity index (χ1n) is 8.09. The maximum absolute atomic E-state index is 12.2. The molecule has 0 radical (unpaired) electrons. The zero-order chi connectivity index (χ0) is 18.9. The van der Waals surface area contributed by atoms with Gasteiger partial charge in [0.15, 0.2) is 0 Å². The monoisotopic (exact) mass is 417 g/mol. The van der Waals surface area contributed by atoms with Gasteiger partial charge in [-0.3, -0.25) is 14.4 Å². The number of nitrogens with one attached hydrogen (secondary N) is 3. The number of halogens is 1. The van der Waals surface area contributed by atoms with Gasteiger partial charge >= 0.3 is 0 Å². The van der Waals surface area contributed by atoms with Crippen molar-refractivity contribution in [1.29, 1.82) is 0 Å². The summed E-state index contributed by atoms with van der Waals surface area (Å²) < 4.78 is 0.759. The van der Waals surface area contributed by atoms with Crippen molar-refractivity contribution in [2.45, 2.75) is 19.4 Å². The molecule has 0 bridgehead atoms. The van der Waals surface area contributed by atoms with E-state index >= 15 is 0 Å². The first kappa shape index (κ1) is 19.7. The van der Waals surface area contributed by atoms with Crippen molar-refractivity contribution in [2.75, 3.05) is 11.9 Å². The molecule has 0 heterocycles. The molecule has 7 heteroatoms. The quantitative estimate of drug-likeness (QED) is 0.646. The van der Waals surface area contributed by atoms with E-state index in [2.05, 4.69) is 31.9 Å². The van der Waals surface area contributed by atoms with Crippen LogP contribution in [0.1, 0.15) is 24.9 Å². The fraction of sp³-hybridized carbons (Fsp3) is 0.211. The molecular formula is C19H20BrN3O3. The van der Waals surface area contributed by atoms with Crippen LogP contribution in [0.2, 0.25) is 0 Å². The number of hydrogen-bond acceptors (Lipinski definition) is 3. The summed E-state index contributed by atoms with van der Waals surface area (Å²) in [5, 5.41) is 8.05. The van der Waals surface area contributed by atoms with Crippen LogP contribution in [0.15, 0.2) is 59.1 Å². The van der Waals surface area contributed by atoms with Crippen LogP contribution in [0.5, 0.6) is 0 Å². The molecule has 6 nitrogen and oxygen atoms in total. The number of para-hydroxylation sites is 1. The van der Waals surface area contributed by atoms with Gasteiger partial charge in [0, 0.05) is 11.4 Å². The molecule has 0 unspecified atom stereocenters. The second-order valence-electron chi connectivity index (χ2n) is 5.67. The third-order valence-electron chi connectivity index (χ3n) is 3.56. The van der Waals surface area contributed by atoms with Gasteiger partial charge in [0.2, 0.25) is 17.7 Å². The average Bonchev–Trinajstić information content (AvgIpc) is 2.62. The van der Waals surface area contributed by atoms with Crippen molar-refractivity contribution >= 4 is 39.3 Å². The van der Waals surface area contributed by atoms with Crippen LogP contribution >= 0.6 is 15.9 Å². The van der Waals surface area contributed by atoms with Crippen LogP contribution in [0.25, 0.3) is 0 Å². The van der Waals surface area contributed by atoms with E-state index in [0.29, 0.717) is 5.69 Å². The van der Waals surface area contributed by atoms with E-state index < -0.39 is 6.04 Å². The highest BCUT2D eigenvalue weighted by atomic mass is 79.9. The van der Waals surface area contributed by atoms with E-state index in [1.54, 1.807) is 12.1 Å². The summed E-state index contributed by atoms with van der Waals surface area (Å²) in [6.45, 7) is 1.25. The van der Waals surface area contributed by atoms with Crippen LogP contribution in [0.3, 0.4) is 0 Å². The fourth-order valence-corrected chi connectivity index (χ4v) is 2.76. The molecule has 0 aliphatic rings. The van der Waals surface area contributed by atoms with Crippen LogP contribution in [-0.4, -0.2) is 24.3 Å². The lowest BCUT2D eigenvalue weighted by atomic mass is 10.0. The smallest absolute Gasteiger partial charge is 0.243 e. The molecule has 1 atom stereocenters. The van der Waals surface area contributed by atoms with Gasteiger partial charge < -0.3 is 16.0 Å². The molecule has 26 heavy (non-hydrogen) atoms. The highest BCUT2D eigenvalue weighted by Gasteiger charge is 2.17. The molecular weight excluding hydrogens is 398 g/mol. The Labute approximate surface area is 160 Å². The minimum atomic E-state index is -0.444. The molecule has 2 rings (SSSR count). The molecule has 0 saturated carbocycles. The summed E-state index contributed by atoms with van der Waals surface area (Å²) in [6.07, 6.45) is 0.0475. The van der Waals surface area contributed by atoms with Gasteiger partial charge in [0.05, 0.1) is 24.7 Å². The Morgan fingerprint density at radius 1 is 0.962 bits per heavy atom. The summed E-state index contributed by atoms with van der Waals surface area (Å²) in [5.74, 6) is -0.880. The number of amides is 3. The van der Waals surface area contributed by atoms with Crippen molar-refractivity contribution in [3.05, 3.63) is 64.6 Å². The Balaban J connectivity index is 1.88. The van der Waals surface area contributed by atoms with E-state index in [1.165, 1.54) is 6.92 Å². The number of carbonyl (C=O) groups is 3. The number of carbonyl (C=O) groups excluding carboxylic acids is 3. The highest BCUT2D eigenvalue weighted by molar-refractivity contribution is 9.10. The van der Waals surface area contributed by atoms with Gasteiger partial charge in [-0.1, -0.05) is 42.5 Å². The SMILES string of the molecule is CC(=O)N[C@@H](CC(=O)NCC(=O)Nc1ccccc1Br)c1ccccc1. The molecule has 0 aromatic heterocycles. The van der Waals surface area contributed by atoms with Gasteiger partial charge in [0.1, 0.15) is 0 Å². The van der Waals surface area contributed by atoms with Crippen LogP contribution in [0, 0.1) is 0 Å². The Bertz CT molecular complexity index is 781. The number of anilines is 1. The second kappa shape index (κ2) is 9.72. The summed E-state index contributed by atoms with van der Waals surface area (Å²) in [4.78, 5) is 35.6. The van der Waals surface area contributed by atoms with Crippen molar-refractivity contribution in [1.82, 2.24) is 10.6 Å². The van der Waals surface area contributed by atoms with Gasteiger partial charge in [-0.25, -0.2) is 0 Å². The van der Waals surface area contributed by atoms with Crippen molar-refractivity contribution in [3.63, 3.8) is 0 Å². The topological polar surface area (TPSA) is 87.3 Å². The molecule has 3 N–H and O–H groups in total.